The summed E-state index contributed by atoms with van der Waals surface area (Å²) in [7, 11) is 1.46. The maximum atomic E-state index is 12.6. The lowest BCUT2D eigenvalue weighted by molar-refractivity contribution is -0.114. The fraction of sp³-hybridized carbons (Fsp3) is 0.222. The molecular weight excluding hydrogens is 328 g/mol. The molecule has 2 rings (SSSR count). The first kappa shape index (κ1) is 17.8. The van der Waals surface area contributed by atoms with E-state index in [1.807, 2.05) is 37.3 Å². The average Bonchev–Trinajstić information content (AvgIpc) is 2.56. The number of nitrogens with one attached hydrogen (secondary N) is 2. The average molecular weight is 347 g/mol. The number of methoxy groups -OCH3 is 1. The SMILES string of the molecule is COc1cc(NC(C)=O)c(Cl)cc1C(=O)NC(C)c1ccccc1. The van der Waals surface area contributed by atoms with Crippen LogP contribution in [0.5, 0.6) is 5.75 Å². The van der Waals surface area contributed by atoms with E-state index in [-0.39, 0.29) is 22.9 Å². The predicted octanol–water partition coefficient (Wildman–Crippen LogP) is 3.80. The molecule has 2 amide bonds. The molecular formula is C18H19ClN2O3. The van der Waals surface area contributed by atoms with E-state index in [1.165, 1.54) is 26.2 Å². The largest absolute Gasteiger partial charge is 0.496 e. The summed E-state index contributed by atoms with van der Waals surface area (Å²) in [4.78, 5) is 23.8. The van der Waals surface area contributed by atoms with Crippen molar-refractivity contribution in [3.8, 4) is 5.75 Å². The molecule has 0 aromatic heterocycles. The van der Waals surface area contributed by atoms with Gasteiger partial charge in [0.2, 0.25) is 5.91 Å². The molecule has 1 atom stereocenters. The molecule has 24 heavy (non-hydrogen) atoms. The molecule has 0 saturated carbocycles. The number of hydrogen-bond donors (Lipinski definition) is 2. The Balaban J connectivity index is 2.25. The van der Waals surface area contributed by atoms with Crippen LogP contribution in [-0.4, -0.2) is 18.9 Å². The summed E-state index contributed by atoms with van der Waals surface area (Å²) in [5, 5.41) is 5.77. The highest BCUT2D eigenvalue weighted by Crippen LogP contribution is 2.31. The van der Waals surface area contributed by atoms with Crippen LogP contribution in [0.1, 0.15) is 35.8 Å². The van der Waals surface area contributed by atoms with Gasteiger partial charge in [-0.05, 0) is 18.6 Å². The van der Waals surface area contributed by atoms with Gasteiger partial charge < -0.3 is 15.4 Å². The quantitative estimate of drug-likeness (QED) is 0.865. The van der Waals surface area contributed by atoms with Crippen LogP contribution in [0, 0.1) is 0 Å². The molecule has 0 aliphatic heterocycles. The normalized spacial score (nSPS) is 11.5. The second kappa shape index (κ2) is 7.84. The fourth-order valence-corrected chi connectivity index (χ4v) is 2.50. The number of carbonyl (C=O) groups is 2. The smallest absolute Gasteiger partial charge is 0.255 e. The third-order valence-electron chi connectivity index (χ3n) is 3.49. The van der Waals surface area contributed by atoms with Crippen molar-refractivity contribution in [3.05, 3.63) is 58.6 Å². The Morgan fingerprint density at radius 2 is 1.83 bits per heavy atom. The Morgan fingerprint density at radius 1 is 1.17 bits per heavy atom. The van der Waals surface area contributed by atoms with Crippen molar-refractivity contribution in [2.45, 2.75) is 19.9 Å². The van der Waals surface area contributed by atoms with Gasteiger partial charge in [-0.25, -0.2) is 0 Å². The molecule has 0 saturated heterocycles. The van der Waals surface area contributed by atoms with Crippen molar-refractivity contribution in [2.75, 3.05) is 12.4 Å². The molecule has 0 fully saturated rings. The molecule has 0 spiro atoms. The summed E-state index contributed by atoms with van der Waals surface area (Å²) in [6.45, 7) is 3.28. The lowest BCUT2D eigenvalue weighted by Crippen LogP contribution is -2.27. The molecule has 6 heteroatoms. The highest BCUT2D eigenvalue weighted by atomic mass is 35.5. The Hall–Kier alpha value is -2.53. The van der Waals surface area contributed by atoms with Gasteiger partial charge in [-0.2, -0.15) is 0 Å². The van der Waals surface area contributed by atoms with E-state index in [4.69, 9.17) is 16.3 Å². The molecule has 1 unspecified atom stereocenters. The van der Waals surface area contributed by atoms with Crippen molar-refractivity contribution < 1.29 is 14.3 Å². The second-order valence-corrected chi connectivity index (χ2v) is 5.73. The Bertz CT molecular complexity index is 747. The van der Waals surface area contributed by atoms with Crippen molar-refractivity contribution >= 4 is 29.1 Å². The maximum absolute atomic E-state index is 12.6. The van der Waals surface area contributed by atoms with Crippen molar-refractivity contribution in [1.29, 1.82) is 0 Å². The zero-order valence-corrected chi connectivity index (χ0v) is 14.5. The molecule has 126 valence electrons. The Labute approximate surface area is 146 Å². The van der Waals surface area contributed by atoms with Gasteiger partial charge in [0.25, 0.3) is 5.91 Å². The molecule has 0 aliphatic carbocycles. The van der Waals surface area contributed by atoms with Crippen LogP contribution in [0.3, 0.4) is 0 Å². The van der Waals surface area contributed by atoms with Gasteiger partial charge in [0.1, 0.15) is 5.75 Å². The minimum atomic E-state index is -0.306. The standard InChI is InChI=1S/C18H19ClN2O3/c1-11(13-7-5-4-6-8-13)20-18(23)14-9-15(19)16(21-12(2)22)10-17(14)24-3/h4-11H,1-3H3,(H,20,23)(H,21,22). The molecule has 2 N–H and O–H groups in total. The zero-order valence-electron chi connectivity index (χ0n) is 13.7. The number of amides is 2. The number of hydrogen-bond acceptors (Lipinski definition) is 3. The van der Waals surface area contributed by atoms with E-state index >= 15 is 0 Å². The Kier molecular flexibility index (Phi) is 5.82. The van der Waals surface area contributed by atoms with E-state index in [1.54, 1.807) is 0 Å². The third kappa shape index (κ3) is 4.26. The van der Waals surface area contributed by atoms with Gasteiger partial charge in [0.15, 0.2) is 0 Å². The summed E-state index contributed by atoms with van der Waals surface area (Å²) >= 11 is 6.15. The zero-order chi connectivity index (χ0) is 17.7. The predicted molar refractivity (Wildman–Crippen MR) is 94.6 cm³/mol. The summed E-state index contributed by atoms with van der Waals surface area (Å²) in [5.41, 5.74) is 1.69. The van der Waals surface area contributed by atoms with E-state index in [2.05, 4.69) is 10.6 Å². The highest BCUT2D eigenvalue weighted by molar-refractivity contribution is 6.34. The number of ether oxygens (including phenoxy) is 1. The van der Waals surface area contributed by atoms with Crippen molar-refractivity contribution in [2.24, 2.45) is 0 Å². The van der Waals surface area contributed by atoms with E-state index in [0.29, 0.717) is 17.0 Å². The minimum absolute atomic E-state index is 0.169. The first-order valence-corrected chi connectivity index (χ1v) is 7.81. The molecule has 5 nitrogen and oxygen atoms in total. The summed E-state index contributed by atoms with van der Waals surface area (Å²) in [6.07, 6.45) is 0. The number of anilines is 1. The van der Waals surface area contributed by atoms with Crippen LogP contribution in [-0.2, 0) is 4.79 Å². The molecule has 2 aromatic rings. The summed E-state index contributed by atoms with van der Waals surface area (Å²) < 4.78 is 5.26. The minimum Gasteiger partial charge on any atom is -0.496 e. The molecule has 2 aromatic carbocycles. The van der Waals surface area contributed by atoms with Gasteiger partial charge in [-0.3, -0.25) is 9.59 Å². The van der Waals surface area contributed by atoms with Gasteiger partial charge in [0, 0.05) is 13.0 Å². The third-order valence-corrected chi connectivity index (χ3v) is 3.80. The van der Waals surface area contributed by atoms with Crippen LogP contribution in [0.25, 0.3) is 0 Å². The molecule has 0 radical (unpaired) electrons. The van der Waals surface area contributed by atoms with Crippen molar-refractivity contribution in [3.63, 3.8) is 0 Å². The van der Waals surface area contributed by atoms with Gasteiger partial charge in [0.05, 0.1) is 29.4 Å². The monoisotopic (exact) mass is 346 g/mol. The van der Waals surface area contributed by atoms with Crippen LogP contribution in [0.15, 0.2) is 42.5 Å². The van der Waals surface area contributed by atoms with Crippen LogP contribution < -0.4 is 15.4 Å². The number of benzene rings is 2. The summed E-state index contributed by atoms with van der Waals surface area (Å²) in [5.74, 6) is -0.228. The first-order valence-electron chi connectivity index (χ1n) is 7.43. The summed E-state index contributed by atoms with van der Waals surface area (Å²) in [6, 6.07) is 12.5. The fourth-order valence-electron chi connectivity index (χ4n) is 2.28. The second-order valence-electron chi connectivity index (χ2n) is 5.32. The number of rotatable bonds is 5. The van der Waals surface area contributed by atoms with Gasteiger partial charge in [-0.15, -0.1) is 0 Å². The molecule has 0 heterocycles. The Morgan fingerprint density at radius 3 is 2.42 bits per heavy atom. The number of carbonyl (C=O) groups excluding carboxylic acids is 2. The maximum Gasteiger partial charge on any atom is 0.255 e. The van der Waals surface area contributed by atoms with Crippen LogP contribution in [0.4, 0.5) is 5.69 Å². The van der Waals surface area contributed by atoms with Crippen LogP contribution in [0.2, 0.25) is 5.02 Å². The van der Waals surface area contributed by atoms with Crippen molar-refractivity contribution in [1.82, 2.24) is 5.32 Å². The first-order chi connectivity index (χ1) is 11.4. The van der Waals surface area contributed by atoms with Crippen LogP contribution >= 0.6 is 11.6 Å². The van der Waals surface area contributed by atoms with E-state index in [0.717, 1.165) is 5.56 Å². The molecule has 0 aliphatic rings. The highest BCUT2D eigenvalue weighted by Gasteiger charge is 2.18. The van der Waals surface area contributed by atoms with Gasteiger partial charge >= 0.3 is 0 Å². The van der Waals surface area contributed by atoms with E-state index in [9.17, 15) is 9.59 Å². The lowest BCUT2D eigenvalue weighted by Gasteiger charge is -2.17. The molecule has 0 bridgehead atoms. The lowest BCUT2D eigenvalue weighted by atomic mass is 10.1. The number of halogens is 1. The van der Waals surface area contributed by atoms with Gasteiger partial charge in [-0.1, -0.05) is 41.9 Å². The van der Waals surface area contributed by atoms with E-state index < -0.39 is 0 Å². The topological polar surface area (TPSA) is 67.4 Å².